The Kier molecular flexibility index (Phi) is 4.71. The number of hydrogen-bond acceptors (Lipinski definition) is 4. The van der Waals surface area contributed by atoms with E-state index < -0.39 is 24.0 Å². The summed E-state index contributed by atoms with van der Waals surface area (Å²) in [6, 6.07) is 2.80. The standard InChI is InChI=1S/C11H11ClN2O5/c1-5(9(15)14-11(13)18)19-8-3-2-6(10(16)17)4-7(8)12/h2-5H,1H3,(H,16,17)(H3,13,14,15,18). The fraction of sp³-hybridized carbons (Fsp3) is 0.182. The Labute approximate surface area is 113 Å². The Balaban J connectivity index is 2.80. The zero-order valence-corrected chi connectivity index (χ0v) is 10.6. The lowest BCUT2D eigenvalue weighted by atomic mass is 10.2. The maximum absolute atomic E-state index is 11.4. The van der Waals surface area contributed by atoms with Crippen molar-refractivity contribution in [2.45, 2.75) is 13.0 Å². The predicted octanol–water partition coefficient (Wildman–Crippen LogP) is 1.00. The van der Waals surface area contributed by atoms with Crippen LogP contribution in [-0.2, 0) is 4.79 Å². The van der Waals surface area contributed by atoms with Crippen molar-refractivity contribution < 1.29 is 24.2 Å². The van der Waals surface area contributed by atoms with Gasteiger partial charge >= 0.3 is 12.0 Å². The molecule has 4 N–H and O–H groups in total. The highest BCUT2D eigenvalue weighted by Gasteiger charge is 2.18. The molecule has 0 aromatic heterocycles. The lowest BCUT2D eigenvalue weighted by Gasteiger charge is -2.14. The van der Waals surface area contributed by atoms with E-state index in [1.165, 1.54) is 25.1 Å². The molecule has 1 aromatic carbocycles. The number of primary amides is 1. The number of carboxylic acids is 1. The highest BCUT2D eigenvalue weighted by atomic mass is 35.5. The molecule has 0 spiro atoms. The molecule has 0 heterocycles. The highest BCUT2D eigenvalue weighted by molar-refractivity contribution is 6.32. The molecule has 1 aromatic rings. The van der Waals surface area contributed by atoms with Crippen molar-refractivity contribution in [1.29, 1.82) is 0 Å². The fourth-order valence-electron chi connectivity index (χ4n) is 1.20. The number of ether oxygens (including phenoxy) is 1. The number of rotatable bonds is 4. The second-order valence-electron chi connectivity index (χ2n) is 3.56. The maximum atomic E-state index is 11.4. The third-order valence-corrected chi connectivity index (χ3v) is 2.39. The Morgan fingerprint density at radius 1 is 1.42 bits per heavy atom. The number of urea groups is 1. The monoisotopic (exact) mass is 286 g/mol. The van der Waals surface area contributed by atoms with E-state index in [0.717, 1.165) is 0 Å². The largest absolute Gasteiger partial charge is 0.479 e. The van der Waals surface area contributed by atoms with E-state index in [2.05, 4.69) is 0 Å². The Morgan fingerprint density at radius 2 is 2.05 bits per heavy atom. The molecule has 1 atom stereocenters. The van der Waals surface area contributed by atoms with E-state index in [1.54, 1.807) is 0 Å². The smallest absolute Gasteiger partial charge is 0.335 e. The van der Waals surface area contributed by atoms with Crippen LogP contribution in [0, 0.1) is 0 Å². The topological polar surface area (TPSA) is 119 Å². The van der Waals surface area contributed by atoms with Gasteiger partial charge in [0.15, 0.2) is 6.10 Å². The minimum absolute atomic E-state index is 0.00779. The molecule has 0 saturated carbocycles. The van der Waals surface area contributed by atoms with E-state index in [1.807, 2.05) is 5.32 Å². The molecular weight excluding hydrogens is 276 g/mol. The van der Waals surface area contributed by atoms with E-state index in [9.17, 15) is 14.4 Å². The van der Waals surface area contributed by atoms with Gasteiger partial charge in [0.05, 0.1) is 10.6 Å². The van der Waals surface area contributed by atoms with Crippen molar-refractivity contribution in [3.63, 3.8) is 0 Å². The number of nitrogens with two attached hydrogens (primary N) is 1. The molecule has 7 nitrogen and oxygen atoms in total. The molecule has 8 heteroatoms. The Morgan fingerprint density at radius 3 is 2.53 bits per heavy atom. The first-order chi connectivity index (χ1) is 8.81. The number of aromatic carboxylic acids is 1. The number of hydrogen-bond donors (Lipinski definition) is 3. The lowest BCUT2D eigenvalue weighted by Crippen LogP contribution is -2.42. The normalized spacial score (nSPS) is 11.5. The molecule has 0 aliphatic carbocycles. The molecule has 0 aliphatic rings. The molecule has 1 rings (SSSR count). The molecule has 0 bridgehead atoms. The van der Waals surface area contributed by atoms with Gasteiger partial charge in [-0.1, -0.05) is 11.6 Å². The van der Waals surface area contributed by atoms with Gasteiger partial charge in [0.1, 0.15) is 5.75 Å². The first-order valence-corrected chi connectivity index (χ1v) is 5.49. The number of carbonyl (C=O) groups excluding carboxylic acids is 2. The molecule has 0 fully saturated rings. The molecule has 19 heavy (non-hydrogen) atoms. The summed E-state index contributed by atoms with van der Waals surface area (Å²) < 4.78 is 5.20. The fourth-order valence-corrected chi connectivity index (χ4v) is 1.42. The summed E-state index contributed by atoms with van der Waals surface area (Å²) in [4.78, 5) is 32.6. The number of amides is 3. The van der Waals surface area contributed by atoms with E-state index in [-0.39, 0.29) is 16.3 Å². The van der Waals surface area contributed by atoms with Crippen LogP contribution >= 0.6 is 11.6 Å². The summed E-state index contributed by atoms with van der Waals surface area (Å²) in [5.74, 6) is -1.74. The quantitative estimate of drug-likeness (QED) is 0.763. The summed E-state index contributed by atoms with van der Waals surface area (Å²) in [7, 11) is 0. The number of carbonyl (C=O) groups is 3. The average Bonchev–Trinajstić information content (AvgIpc) is 2.30. The van der Waals surface area contributed by atoms with Gasteiger partial charge in [0.2, 0.25) is 0 Å². The molecule has 0 radical (unpaired) electrons. The molecule has 102 valence electrons. The van der Waals surface area contributed by atoms with Gasteiger partial charge in [0.25, 0.3) is 5.91 Å². The van der Waals surface area contributed by atoms with Crippen molar-refractivity contribution in [1.82, 2.24) is 5.32 Å². The number of nitrogens with one attached hydrogen (secondary N) is 1. The molecule has 3 amide bonds. The zero-order valence-electron chi connectivity index (χ0n) is 9.84. The van der Waals surface area contributed by atoms with Crippen LogP contribution in [0.15, 0.2) is 18.2 Å². The van der Waals surface area contributed by atoms with Crippen LogP contribution in [0.1, 0.15) is 17.3 Å². The van der Waals surface area contributed by atoms with E-state index in [4.69, 9.17) is 27.2 Å². The van der Waals surface area contributed by atoms with Crippen LogP contribution in [-0.4, -0.2) is 29.1 Å². The Bertz CT molecular complexity index is 532. The van der Waals surface area contributed by atoms with E-state index >= 15 is 0 Å². The molecular formula is C11H11ClN2O5. The van der Waals surface area contributed by atoms with Crippen molar-refractivity contribution >= 4 is 29.5 Å². The van der Waals surface area contributed by atoms with Crippen LogP contribution in [0.4, 0.5) is 4.79 Å². The molecule has 0 saturated heterocycles. The predicted molar refractivity (Wildman–Crippen MR) is 66.2 cm³/mol. The Hall–Kier alpha value is -2.28. The van der Waals surface area contributed by atoms with Crippen LogP contribution in [0.25, 0.3) is 0 Å². The SMILES string of the molecule is CC(Oc1ccc(C(=O)O)cc1Cl)C(=O)NC(N)=O. The third-order valence-electron chi connectivity index (χ3n) is 2.10. The van der Waals surface area contributed by atoms with Gasteiger partial charge in [-0.2, -0.15) is 0 Å². The highest BCUT2D eigenvalue weighted by Crippen LogP contribution is 2.26. The second-order valence-corrected chi connectivity index (χ2v) is 3.97. The van der Waals surface area contributed by atoms with Crippen molar-refractivity contribution in [3.8, 4) is 5.75 Å². The summed E-state index contributed by atoms with van der Waals surface area (Å²) in [6.45, 7) is 1.39. The number of halogens is 1. The minimum Gasteiger partial charge on any atom is -0.479 e. The van der Waals surface area contributed by atoms with E-state index in [0.29, 0.717) is 0 Å². The summed E-state index contributed by atoms with van der Waals surface area (Å²) in [5, 5.41) is 10.6. The summed E-state index contributed by atoms with van der Waals surface area (Å²) >= 11 is 5.82. The maximum Gasteiger partial charge on any atom is 0.335 e. The van der Waals surface area contributed by atoms with Crippen LogP contribution < -0.4 is 15.8 Å². The minimum atomic E-state index is -1.13. The van der Waals surface area contributed by atoms with Gasteiger partial charge in [-0.05, 0) is 25.1 Å². The first kappa shape index (κ1) is 14.8. The zero-order chi connectivity index (χ0) is 14.6. The second kappa shape index (κ2) is 6.05. The number of imide groups is 1. The first-order valence-electron chi connectivity index (χ1n) is 5.11. The van der Waals surface area contributed by atoms with Crippen molar-refractivity contribution in [2.75, 3.05) is 0 Å². The number of benzene rings is 1. The number of carboxylic acid groups (broad SMARTS) is 1. The van der Waals surface area contributed by atoms with Gasteiger partial charge in [-0.25, -0.2) is 9.59 Å². The van der Waals surface area contributed by atoms with Gasteiger partial charge in [-0.15, -0.1) is 0 Å². The third kappa shape index (κ3) is 4.14. The van der Waals surface area contributed by atoms with Gasteiger partial charge < -0.3 is 15.6 Å². The van der Waals surface area contributed by atoms with Crippen molar-refractivity contribution in [2.24, 2.45) is 5.73 Å². The summed E-state index contributed by atoms with van der Waals surface area (Å²) in [5.41, 5.74) is 4.78. The van der Waals surface area contributed by atoms with Crippen LogP contribution in [0.2, 0.25) is 5.02 Å². The van der Waals surface area contributed by atoms with Crippen LogP contribution in [0.5, 0.6) is 5.75 Å². The lowest BCUT2D eigenvalue weighted by molar-refractivity contribution is -0.126. The molecule has 1 unspecified atom stereocenters. The van der Waals surface area contributed by atoms with Crippen LogP contribution in [0.3, 0.4) is 0 Å². The summed E-state index contributed by atoms with van der Waals surface area (Å²) in [6.07, 6.45) is -1.01. The molecule has 0 aliphatic heterocycles. The van der Waals surface area contributed by atoms with Crippen molar-refractivity contribution in [3.05, 3.63) is 28.8 Å². The average molecular weight is 287 g/mol. The van der Waals surface area contributed by atoms with Gasteiger partial charge in [-0.3, -0.25) is 10.1 Å². The van der Waals surface area contributed by atoms with Gasteiger partial charge in [0, 0.05) is 0 Å².